The topological polar surface area (TPSA) is 64.0 Å². The van der Waals surface area contributed by atoms with Crippen LogP contribution in [0.25, 0.3) is 10.9 Å². The van der Waals surface area contributed by atoms with E-state index in [1.807, 2.05) is 19.9 Å². The van der Waals surface area contributed by atoms with E-state index in [0.29, 0.717) is 17.4 Å². The average Bonchev–Trinajstić information content (AvgIpc) is 2.41. The summed E-state index contributed by atoms with van der Waals surface area (Å²) in [7, 11) is 0. The molecule has 0 bridgehead atoms. The molecule has 0 saturated heterocycles. The number of halogens is 1. The zero-order chi connectivity index (χ0) is 15.6. The predicted octanol–water partition coefficient (Wildman–Crippen LogP) is 2.32. The Balaban J connectivity index is 2.29. The number of carbonyl (C=O) groups is 1. The fourth-order valence-electron chi connectivity index (χ4n) is 2.07. The van der Waals surface area contributed by atoms with Crippen molar-refractivity contribution in [1.82, 2.24) is 14.9 Å². The van der Waals surface area contributed by atoms with Crippen LogP contribution in [-0.4, -0.2) is 21.5 Å². The van der Waals surface area contributed by atoms with Crippen molar-refractivity contribution in [2.75, 3.05) is 0 Å². The van der Waals surface area contributed by atoms with Crippen LogP contribution in [0.4, 0.5) is 0 Å². The second-order valence-electron chi connectivity index (χ2n) is 5.43. The van der Waals surface area contributed by atoms with E-state index in [1.165, 1.54) is 10.9 Å². The molecule has 0 aliphatic carbocycles. The molecule has 0 radical (unpaired) electrons. The Labute approximate surface area is 131 Å². The minimum atomic E-state index is -0.295. The number of rotatable bonds is 4. The predicted molar refractivity (Wildman–Crippen MR) is 86.1 cm³/mol. The molecule has 0 aliphatic rings. The molecule has 1 aromatic carbocycles. The van der Waals surface area contributed by atoms with Gasteiger partial charge in [-0.15, -0.1) is 0 Å². The van der Waals surface area contributed by atoms with Gasteiger partial charge in [0.15, 0.2) is 0 Å². The van der Waals surface area contributed by atoms with Gasteiger partial charge >= 0.3 is 0 Å². The molecule has 0 fully saturated rings. The lowest BCUT2D eigenvalue weighted by Crippen LogP contribution is -2.37. The highest BCUT2D eigenvalue weighted by atomic mass is 79.9. The smallest absolute Gasteiger partial charge is 0.261 e. The van der Waals surface area contributed by atoms with Crippen molar-refractivity contribution in [2.45, 2.75) is 33.4 Å². The van der Waals surface area contributed by atoms with Crippen LogP contribution in [0.15, 0.2) is 33.8 Å². The maximum absolute atomic E-state index is 12.4. The maximum atomic E-state index is 12.4. The van der Waals surface area contributed by atoms with Gasteiger partial charge in [-0.1, -0.05) is 22.9 Å². The van der Waals surface area contributed by atoms with E-state index in [-0.39, 0.29) is 23.4 Å². The average molecular weight is 352 g/mol. The number of nitrogens with one attached hydrogen (secondary N) is 1. The van der Waals surface area contributed by atoms with Crippen molar-refractivity contribution in [3.8, 4) is 0 Å². The molecule has 21 heavy (non-hydrogen) atoms. The lowest BCUT2D eigenvalue weighted by molar-refractivity contribution is -0.125. The standard InChI is InChI=1S/C15H18BrN3O2/c1-9(2)18-14(20)10(3)7-19-8-17-13-5-4-11(16)6-12(13)15(19)21/h4-6,8-10H,7H2,1-3H3,(H,18,20). The minimum Gasteiger partial charge on any atom is -0.354 e. The van der Waals surface area contributed by atoms with E-state index >= 15 is 0 Å². The largest absolute Gasteiger partial charge is 0.354 e. The first kappa shape index (κ1) is 15.7. The first-order valence-corrected chi connectivity index (χ1v) is 7.63. The zero-order valence-corrected chi connectivity index (χ0v) is 13.8. The van der Waals surface area contributed by atoms with Gasteiger partial charge in [0.25, 0.3) is 5.56 Å². The van der Waals surface area contributed by atoms with E-state index < -0.39 is 0 Å². The lowest BCUT2D eigenvalue weighted by Gasteiger charge is -2.15. The SMILES string of the molecule is CC(C)NC(=O)C(C)Cn1cnc2ccc(Br)cc2c1=O. The molecule has 5 nitrogen and oxygen atoms in total. The number of benzene rings is 1. The molecule has 1 N–H and O–H groups in total. The third-order valence-electron chi connectivity index (χ3n) is 3.14. The summed E-state index contributed by atoms with van der Waals surface area (Å²) in [6.45, 7) is 5.93. The number of fused-ring (bicyclic) bond motifs is 1. The summed E-state index contributed by atoms with van der Waals surface area (Å²) in [4.78, 5) is 28.6. The molecule has 1 atom stereocenters. The van der Waals surface area contributed by atoms with Crippen LogP contribution >= 0.6 is 15.9 Å². The summed E-state index contributed by atoms with van der Waals surface area (Å²) in [5.41, 5.74) is 0.518. The Bertz CT molecular complexity index is 724. The molecule has 6 heteroatoms. The van der Waals surface area contributed by atoms with Crippen molar-refractivity contribution in [3.63, 3.8) is 0 Å². The molecule has 0 aliphatic heterocycles. The van der Waals surface area contributed by atoms with Gasteiger partial charge < -0.3 is 5.32 Å². The first-order chi connectivity index (χ1) is 9.88. The highest BCUT2D eigenvalue weighted by molar-refractivity contribution is 9.10. The van der Waals surface area contributed by atoms with Crippen LogP contribution in [-0.2, 0) is 11.3 Å². The van der Waals surface area contributed by atoms with E-state index in [0.717, 1.165) is 4.47 Å². The van der Waals surface area contributed by atoms with Gasteiger partial charge in [0.05, 0.1) is 23.1 Å². The summed E-state index contributed by atoms with van der Waals surface area (Å²) in [5.74, 6) is -0.359. The molecule has 2 rings (SSSR count). The number of amides is 1. The van der Waals surface area contributed by atoms with Crippen molar-refractivity contribution in [2.24, 2.45) is 5.92 Å². The van der Waals surface area contributed by atoms with Crippen molar-refractivity contribution < 1.29 is 4.79 Å². The number of carbonyl (C=O) groups excluding carboxylic acids is 1. The van der Waals surface area contributed by atoms with E-state index in [2.05, 4.69) is 26.2 Å². The second kappa shape index (κ2) is 6.39. The van der Waals surface area contributed by atoms with E-state index in [1.54, 1.807) is 19.1 Å². The first-order valence-electron chi connectivity index (χ1n) is 6.83. The molecule has 0 saturated carbocycles. The highest BCUT2D eigenvalue weighted by Gasteiger charge is 2.15. The van der Waals surface area contributed by atoms with Crippen LogP contribution in [0, 0.1) is 5.92 Å². The normalized spacial score (nSPS) is 12.6. The molecule has 1 aromatic heterocycles. The van der Waals surface area contributed by atoms with Crippen molar-refractivity contribution in [3.05, 3.63) is 39.4 Å². The van der Waals surface area contributed by atoms with Crippen LogP contribution in [0.2, 0.25) is 0 Å². The molecule has 1 unspecified atom stereocenters. The van der Waals surface area contributed by atoms with Gasteiger partial charge in [0, 0.05) is 17.1 Å². The molecular formula is C15H18BrN3O2. The molecule has 1 amide bonds. The number of hydrogen-bond acceptors (Lipinski definition) is 3. The van der Waals surface area contributed by atoms with E-state index in [9.17, 15) is 9.59 Å². The van der Waals surface area contributed by atoms with Gasteiger partial charge in [-0.2, -0.15) is 0 Å². The lowest BCUT2D eigenvalue weighted by atomic mass is 10.1. The fourth-order valence-corrected chi connectivity index (χ4v) is 2.43. The third kappa shape index (κ3) is 3.69. The highest BCUT2D eigenvalue weighted by Crippen LogP contribution is 2.15. The maximum Gasteiger partial charge on any atom is 0.261 e. The number of nitrogens with zero attached hydrogens (tertiary/aromatic N) is 2. The Hall–Kier alpha value is -1.69. The zero-order valence-electron chi connectivity index (χ0n) is 12.3. The van der Waals surface area contributed by atoms with Crippen LogP contribution < -0.4 is 10.9 Å². The number of hydrogen-bond donors (Lipinski definition) is 1. The van der Waals surface area contributed by atoms with Gasteiger partial charge in [-0.25, -0.2) is 4.98 Å². The second-order valence-corrected chi connectivity index (χ2v) is 6.34. The van der Waals surface area contributed by atoms with Gasteiger partial charge in [0.2, 0.25) is 5.91 Å². The summed E-state index contributed by atoms with van der Waals surface area (Å²) in [6.07, 6.45) is 1.50. The monoisotopic (exact) mass is 351 g/mol. The molecular weight excluding hydrogens is 334 g/mol. The van der Waals surface area contributed by atoms with Gasteiger partial charge in [-0.3, -0.25) is 14.2 Å². The Morgan fingerprint density at radius 3 is 2.76 bits per heavy atom. The third-order valence-corrected chi connectivity index (χ3v) is 3.63. The Morgan fingerprint density at radius 2 is 2.10 bits per heavy atom. The number of aromatic nitrogens is 2. The minimum absolute atomic E-state index is 0.0637. The van der Waals surface area contributed by atoms with Crippen molar-refractivity contribution in [1.29, 1.82) is 0 Å². The summed E-state index contributed by atoms with van der Waals surface area (Å²) in [6, 6.07) is 5.47. The molecule has 1 heterocycles. The summed E-state index contributed by atoms with van der Waals surface area (Å²) in [5, 5.41) is 3.39. The summed E-state index contributed by atoms with van der Waals surface area (Å²) >= 11 is 3.35. The molecule has 112 valence electrons. The fraction of sp³-hybridized carbons (Fsp3) is 0.400. The molecule has 0 spiro atoms. The van der Waals surface area contributed by atoms with Crippen LogP contribution in [0.3, 0.4) is 0 Å². The quantitative estimate of drug-likeness (QED) is 0.919. The van der Waals surface area contributed by atoms with Gasteiger partial charge in [-0.05, 0) is 32.0 Å². The Morgan fingerprint density at radius 1 is 1.38 bits per heavy atom. The molecule has 2 aromatic rings. The van der Waals surface area contributed by atoms with Crippen LogP contribution in [0.1, 0.15) is 20.8 Å². The van der Waals surface area contributed by atoms with Crippen LogP contribution in [0.5, 0.6) is 0 Å². The van der Waals surface area contributed by atoms with Crippen molar-refractivity contribution >= 4 is 32.7 Å². The Kier molecular flexibility index (Phi) is 4.77. The van der Waals surface area contributed by atoms with E-state index in [4.69, 9.17) is 0 Å². The van der Waals surface area contributed by atoms with Gasteiger partial charge in [0.1, 0.15) is 0 Å². The summed E-state index contributed by atoms with van der Waals surface area (Å²) < 4.78 is 2.32.